The van der Waals surface area contributed by atoms with Crippen molar-refractivity contribution < 1.29 is 0 Å². The molecule has 0 radical (unpaired) electrons. The Kier molecular flexibility index (Phi) is 4.99. The Morgan fingerprint density at radius 1 is 1.35 bits per heavy atom. The number of nitrogens with zero attached hydrogens (tertiary/aromatic N) is 4. The number of nitrogens with one attached hydrogen (secondary N) is 1. The van der Waals surface area contributed by atoms with E-state index >= 15 is 0 Å². The molecule has 0 saturated carbocycles. The third-order valence-electron chi connectivity index (χ3n) is 3.30. The molecule has 0 fully saturated rings. The third-order valence-corrected chi connectivity index (χ3v) is 3.91. The van der Waals surface area contributed by atoms with E-state index in [4.69, 9.17) is 0 Å². The van der Waals surface area contributed by atoms with Gasteiger partial charge in [-0.25, -0.2) is 4.98 Å². The van der Waals surface area contributed by atoms with E-state index in [9.17, 15) is 0 Å². The van der Waals surface area contributed by atoms with Crippen LogP contribution in [-0.2, 0) is 7.05 Å². The Morgan fingerprint density at radius 3 is 2.65 bits per heavy atom. The van der Waals surface area contributed by atoms with Crippen molar-refractivity contribution in [1.29, 1.82) is 0 Å². The molecule has 1 atom stereocenters. The monoisotopic (exact) mass is 339 g/mol. The van der Waals surface area contributed by atoms with Gasteiger partial charge >= 0.3 is 0 Å². The van der Waals surface area contributed by atoms with Crippen molar-refractivity contribution >= 4 is 15.9 Å². The fraction of sp³-hybridized carbons (Fsp3) is 0.571. The van der Waals surface area contributed by atoms with Crippen molar-refractivity contribution in [3.05, 3.63) is 34.6 Å². The van der Waals surface area contributed by atoms with Gasteiger partial charge in [-0.2, -0.15) is 5.10 Å². The first-order valence-electron chi connectivity index (χ1n) is 6.98. The normalized spacial score (nSPS) is 13.1. The first-order valence-corrected chi connectivity index (χ1v) is 7.78. The van der Waals surface area contributed by atoms with E-state index in [1.54, 1.807) is 0 Å². The highest BCUT2D eigenvalue weighted by Crippen LogP contribution is 2.30. The lowest BCUT2D eigenvalue weighted by atomic mass is 10.1. The molecule has 110 valence electrons. The van der Waals surface area contributed by atoms with Gasteiger partial charge in [0.25, 0.3) is 0 Å². The summed E-state index contributed by atoms with van der Waals surface area (Å²) in [5, 5.41) is 8.08. The van der Waals surface area contributed by atoms with Gasteiger partial charge in [0.15, 0.2) is 0 Å². The Bertz CT molecular complexity index is 558. The predicted octanol–water partition coefficient (Wildman–Crippen LogP) is 3.05. The minimum absolute atomic E-state index is 0.0849. The molecule has 0 amide bonds. The van der Waals surface area contributed by atoms with Gasteiger partial charge in [-0.1, -0.05) is 6.92 Å². The minimum Gasteiger partial charge on any atom is -0.336 e. The summed E-state index contributed by atoms with van der Waals surface area (Å²) >= 11 is 3.64. The van der Waals surface area contributed by atoms with Crippen LogP contribution in [0.15, 0.2) is 23.2 Å². The van der Waals surface area contributed by atoms with E-state index in [2.05, 4.69) is 61.3 Å². The van der Waals surface area contributed by atoms with E-state index in [0.29, 0.717) is 6.04 Å². The van der Waals surface area contributed by atoms with Crippen LogP contribution in [0.25, 0.3) is 0 Å². The molecular weight excluding hydrogens is 318 g/mol. The zero-order valence-corrected chi connectivity index (χ0v) is 14.1. The zero-order valence-electron chi connectivity index (χ0n) is 12.5. The molecule has 5 nitrogen and oxygen atoms in total. The molecule has 1 N–H and O–H groups in total. The number of hydrogen-bond acceptors (Lipinski definition) is 3. The Morgan fingerprint density at radius 2 is 2.10 bits per heavy atom. The summed E-state index contributed by atoms with van der Waals surface area (Å²) in [5.41, 5.74) is 2.29. The first kappa shape index (κ1) is 15.3. The third kappa shape index (κ3) is 2.96. The zero-order chi connectivity index (χ0) is 14.7. The summed E-state index contributed by atoms with van der Waals surface area (Å²) in [5.74, 6) is 0. The number of imidazole rings is 1. The molecule has 1 unspecified atom stereocenters. The first-order chi connectivity index (χ1) is 9.56. The van der Waals surface area contributed by atoms with Crippen LogP contribution < -0.4 is 5.32 Å². The van der Waals surface area contributed by atoms with Crippen LogP contribution in [0.2, 0.25) is 0 Å². The summed E-state index contributed by atoms with van der Waals surface area (Å²) in [6, 6.07) is 0.400. The second-order valence-electron chi connectivity index (χ2n) is 5.23. The molecule has 2 aromatic heterocycles. The SMILES string of the molecule is CCCNC(c1cncn1C)c1c(Br)cnn1C(C)C. The number of halogens is 1. The van der Waals surface area contributed by atoms with Crippen LogP contribution in [0.3, 0.4) is 0 Å². The van der Waals surface area contributed by atoms with Crippen molar-refractivity contribution in [2.75, 3.05) is 6.54 Å². The van der Waals surface area contributed by atoms with Gasteiger partial charge in [-0.05, 0) is 42.7 Å². The van der Waals surface area contributed by atoms with Gasteiger partial charge in [0.05, 0.1) is 40.6 Å². The number of aryl methyl sites for hydroxylation is 1. The largest absolute Gasteiger partial charge is 0.336 e. The van der Waals surface area contributed by atoms with Gasteiger partial charge in [0.2, 0.25) is 0 Å². The lowest BCUT2D eigenvalue weighted by molar-refractivity contribution is 0.462. The van der Waals surface area contributed by atoms with Crippen molar-refractivity contribution in [3.8, 4) is 0 Å². The maximum atomic E-state index is 4.48. The smallest absolute Gasteiger partial charge is 0.0946 e. The summed E-state index contributed by atoms with van der Waals surface area (Å²) in [6.07, 6.45) is 6.70. The van der Waals surface area contributed by atoms with E-state index in [1.807, 2.05) is 25.8 Å². The predicted molar refractivity (Wildman–Crippen MR) is 83.7 cm³/mol. The van der Waals surface area contributed by atoms with Crippen LogP contribution >= 0.6 is 15.9 Å². The molecule has 2 rings (SSSR count). The minimum atomic E-state index is 0.0849. The number of hydrogen-bond donors (Lipinski definition) is 1. The van der Waals surface area contributed by atoms with E-state index < -0.39 is 0 Å². The number of rotatable bonds is 6. The highest BCUT2D eigenvalue weighted by molar-refractivity contribution is 9.10. The van der Waals surface area contributed by atoms with Crippen LogP contribution in [0.5, 0.6) is 0 Å². The molecule has 20 heavy (non-hydrogen) atoms. The topological polar surface area (TPSA) is 47.7 Å². The highest BCUT2D eigenvalue weighted by Gasteiger charge is 2.24. The van der Waals surface area contributed by atoms with Crippen LogP contribution in [0, 0.1) is 0 Å². The van der Waals surface area contributed by atoms with E-state index in [1.165, 1.54) is 0 Å². The molecule has 0 saturated heterocycles. The Balaban J connectivity index is 2.46. The molecule has 2 heterocycles. The standard InChI is InChI=1S/C14H22BrN5/c1-5-6-17-13(12-8-16-9-19(12)4)14-11(15)7-18-20(14)10(2)3/h7-10,13,17H,5-6H2,1-4H3. The maximum Gasteiger partial charge on any atom is 0.0946 e. The Hall–Kier alpha value is -1.14. The molecule has 0 aromatic carbocycles. The van der Waals surface area contributed by atoms with Gasteiger partial charge in [0.1, 0.15) is 0 Å². The maximum absolute atomic E-state index is 4.48. The second kappa shape index (κ2) is 6.54. The van der Waals surface area contributed by atoms with Crippen molar-refractivity contribution in [1.82, 2.24) is 24.6 Å². The van der Waals surface area contributed by atoms with Gasteiger partial charge in [-0.15, -0.1) is 0 Å². The van der Waals surface area contributed by atoms with Crippen LogP contribution in [0.1, 0.15) is 50.7 Å². The lowest BCUT2D eigenvalue weighted by Gasteiger charge is -2.22. The summed E-state index contributed by atoms with van der Waals surface area (Å²) in [7, 11) is 2.02. The van der Waals surface area contributed by atoms with Crippen LogP contribution in [0.4, 0.5) is 0 Å². The summed E-state index contributed by atoms with van der Waals surface area (Å²) in [6.45, 7) is 7.40. The van der Waals surface area contributed by atoms with Crippen LogP contribution in [-0.4, -0.2) is 25.9 Å². The van der Waals surface area contributed by atoms with Crippen molar-refractivity contribution in [3.63, 3.8) is 0 Å². The molecular formula is C14H22BrN5. The fourth-order valence-electron chi connectivity index (χ4n) is 2.31. The molecule has 0 aliphatic heterocycles. The van der Waals surface area contributed by atoms with Gasteiger partial charge in [0, 0.05) is 13.1 Å². The van der Waals surface area contributed by atoms with E-state index in [-0.39, 0.29) is 6.04 Å². The molecule has 2 aromatic rings. The second-order valence-corrected chi connectivity index (χ2v) is 6.09. The van der Waals surface area contributed by atoms with Crippen molar-refractivity contribution in [2.45, 2.75) is 39.3 Å². The molecule has 0 aliphatic rings. The molecule has 0 aliphatic carbocycles. The lowest BCUT2D eigenvalue weighted by Crippen LogP contribution is -2.28. The van der Waals surface area contributed by atoms with E-state index in [0.717, 1.165) is 28.8 Å². The molecule has 0 bridgehead atoms. The summed E-state index contributed by atoms with van der Waals surface area (Å²) < 4.78 is 5.14. The molecule has 6 heteroatoms. The van der Waals surface area contributed by atoms with Crippen molar-refractivity contribution in [2.24, 2.45) is 7.05 Å². The molecule has 0 spiro atoms. The quantitative estimate of drug-likeness (QED) is 0.879. The number of aromatic nitrogens is 4. The fourth-order valence-corrected chi connectivity index (χ4v) is 2.81. The highest BCUT2D eigenvalue weighted by atomic mass is 79.9. The average molecular weight is 340 g/mol. The average Bonchev–Trinajstić information content (AvgIpc) is 2.98. The van der Waals surface area contributed by atoms with Gasteiger partial charge < -0.3 is 9.88 Å². The summed E-state index contributed by atoms with van der Waals surface area (Å²) in [4.78, 5) is 4.24. The Labute approximate surface area is 128 Å². The van der Waals surface area contributed by atoms with Gasteiger partial charge in [-0.3, -0.25) is 4.68 Å².